The second kappa shape index (κ2) is 6.66. The summed E-state index contributed by atoms with van der Waals surface area (Å²) in [4.78, 5) is 11.8. The van der Waals surface area contributed by atoms with E-state index in [4.69, 9.17) is 5.11 Å². The number of benzene rings is 1. The van der Waals surface area contributed by atoms with Crippen LogP contribution in [0.3, 0.4) is 0 Å². The van der Waals surface area contributed by atoms with E-state index in [0.717, 1.165) is 10.9 Å². The molecule has 0 aliphatic rings. The monoisotopic (exact) mass is 285 g/mol. The van der Waals surface area contributed by atoms with E-state index in [0.29, 0.717) is 12.0 Å². The Morgan fingerprint density at radius 2 is 2.31 bits per heavy atom. The van der Waals surface area contributed by atoms with E-state index in [2.05, 4.69) is 21.2 Å². The lowest BCUT2D eigenvalue weighted by molar-refractivity contribution is 0.0929. The minimum absolute atomic E-state index is 0.0384. The third-order valence-corrected chi connectivity index (χ3v) is 2.89. The predicted molar refractivity (Wildman–Crippen MR) is 67.4 cm³/mol. The number of aliphatic hydroxyl groups is 1. The SMILES string of the molecule is CCC(CCO)NC(=O)c1cccc(Br)c1. The van der Waals surface area contributed by atoms with E-state index in [1.807, 2.05) is 19.1 Å². The van der Waals surface area contributed by atoms with Crippen molar-refractivity contribution in [2.24, 2.45) is 0 Å². The Bertz CT molecular complexity index is 355. The van der Waals surface area contributed by atoms with Gasteiger partial charge in [0.15, 0.2) is 0 Å². The molecule has 4 heteroatoms. The van der Waals surface area contributed by atoms with Gasteiger partial charge in [-0.05, 0) is 31.0 Å². The zero-order valence-electron chi connectivity index (χ0n) is 9.24. The van der Waals surface area contributed by atoms with Gasteiger partial charge in [0.25, 0.3) is 5.91 Å². The van der Waals surface area contributed by atoms with E-state index in [1.54, 1.807) is 12.1 Å². The molecule has 1 unspecified atom stereocenters. The predicted octanol–water partition coefficient (Wildman–Crippen LogP) is 2.34. The first kappa shape index (κ1) is 13.2. The fourth-order valence-corrected chi connectivity index (χ4v) is 1.83. The largest absolute Gasteiger partial charge is 0.396 e. The topological polar surface area (TPSA) is 49.3 Å². The summed E-state index contributed by atoms with van der Waals surface area (Å²) in [5.41, 5.74) is 0.630. The molecule has 0 saturated carbocycles. The Morgan fingerprint density at radius 3 is 2.88 bits per heavy atom. The number of hydrogen-bond acceptors (Lipinski definition) is 2. The lowest BCUT2D eigenvalue weighted by atomic mass is 10.1. The first-order chi connectivity index (χ1) is 7.67. The third-order valence-electron chi connectivity index (χ3n) is 2.39. The van der Waals surface area contributed by atoms with Gasteiger partial charge in [0.1, 0.15) is 0 Å². The van der Waals surface area contributed by atoms with E-state index in [-0.39, 0.29) is 18.6 Å². The van der Waals surface area contributed by atoms with Crippen molar-refractivity contribution in [2.45, 2.75) is 25.8 Å². The molecule has 0 aliphatic heterocycles. The molecule has 16 heavy (non-hydrogen) atoms. The summed E-state index contributed by atoms with van der Waals surface area (Å²) in [6, 6.07) is 7.29. The van der Waals surface area contributed by atoms with E-state index < -0.39 is 0 Å². The number of rotatable bonds is 5. The van der Waals surface area contributed by atoms with Gasteiger partial charge in [-0.25, -0.2) is 0 Å². The van der Waals surface area contributed by atoms with Crippen LogP contribution >= 0.6 is 15.9 Å². The van der Waals surface area contributed by atoms with Crippen molar-refractivity contribution in [1.29, 1.82) is 0 Å². The van der Waals surface area contributed by atoms with Gasteiger partial charge in [0.05, 0.1) is 0 Å². The molecule has 3 nitrogen and oxygen atoms in total. The maximum absolute atomic E-state index is 11.8. The summed E-state index contributed by atoms with van der Waals surface area (Å²) in [7, 11) is 0. The fourth-order valence-electron chi connectivity index (χ4n) is 1.43. The van der Waals surface area contributed by atoms with Gasteiger partial charge in [-0.2, -0.15) is 0 Å². The molecule has 1 rings (SSSR count). The molecule has 0 saturated heterocycles. The van der Waals surface area contributed by atoms with Crippen LogP contribution in [0.15, 0.2) is 28.7 Å². The third kappa shape index (κ3) is 3.94. The molecule has 0 fully saturated rings. The second-order valence-corrected chi connectivity index (χ2v) is 4.52. The van der Waals surface area contributed by atoms with E-state index >= 15 is 0 Å². The highest BCUT2D eigenvalue weighted by Gasteiger charge is 2.11. The van der Waals surface area contributed by atoms with Crippen LogP contribution in [0, 0.1) is 0 Å². The van der Waals surface area contributed by atoms with Crippen molar-refractivity contribution in [3.8, 4) is 0 Å². The molecule has 1 aromatic carbocycles. The van der Waals surface area contributed by atoms with Gasteiger partial charge >= 0.3 is 0 Å². The number of halogens is 1. The number of aliphatic hydroxyl groups excluding tert-OH is 1. The molecular formula is C12H16BrNO2. The molecule has 1 amide bonds. The maximum atomic E-state index is 11.8. The van der Waals surface area contributed by atoms with Crippen LogP contribution in [0.1, 0.15) is 30.1 Å². The summed E-state index contributed by atoms with van der Waals surface area (Å²) in [5.74, 6) is -0.0957. The Kier molecular flexibility index (Phi) is 5.49. The van der Waals surface area contributed by atoms with Gasteiger partial charge in [-0.15, -0.1) is 0 Å². The van der Waals surface area contributed by atoms with Gasteiger partial charge in [-0.3, -0.25) is 4.79 Å². The molecule has 88 valence electrons. The fraction of sp³-hybridized carbons (Fsp3) is 0.417. The van der Waals surface area contributed by atoms with Gasteiger partial charge in [0, 0.05) is 22.7 Å². The number of carbonyl (C=O) groups is 1. The van der Waals surface area contributed by atoms with Crippen LogP contribution in [0.5, 0.6) is 0 Å². The molecule has 0 aromatic heterocycles. The van der Waals surface area contributed by atoms with Crippen LogP contribution < -0.4 is 5.32 Å². The quantitative estimate of drug-likeness (QED) is 0.873. The van der Waals surface area contributed by atoms with Gasteiger partial charge in [-0.1, -0.05) is 28.9 Å². The van der Waals surface area contributed by atoms with Gasteiger partial charge in [0.2, 0.25) is 0 Å². The second-order valence-electron chi connectivity index (χ2n) is 3.60. The Balaban J connectivity index is 2.64. The average molecular weight is 286 g/mol. The van der Waals surface area contributed by atoms with Crippen molar-refractivity contribution < 1.29 is 9.90 Å². The van der Waals surface area contributed by atoms with Crippen LogP contribution in [-0.2, 0) is 0 Å². The normalized spacial score (nSPS) is 12.2. The number of hydrogen-bond donors (Lipinski definition) is 2. The Labute approximate surface area is 104 Å². The van der Waals surface area contributed by atoms with Crippen LogP contribution in [0.4, 0.5) is 0 Å². The van der Waals surface area contributed by atoms with Crippen molar-refractivity contribution in [3.05, 3.63) is 34.3 Å². The number of amides is 1. The maximum Gasteiger partial charge on any atom is 0.251 e. The summed E-state index contributed by atoms with van der Waals surface area (Å²) in [6.07, 6.45) is 1.41. The summed E-state index contributed by atoms with van der Waals surface area (Å²) in [5, 5.41) is 11.7. The minimum Gasteiger partial charge on any atom is -0.396 e. The molecule has 1 atom stereocenters. The first-order valence-corrected chi connectivity index (χ1v) is 6.14. The van der Waals surface area contributed by atoms with Crippen LogP contribution in [0.25, 0.3) is 0 Å². The zero-order valence-corrected chi connectivity index (χ0v) is 10.8. The van der Waals surface area contributed by atoms with Crippen molar-refractivity contribution >= 4 is 21.8 Å². The van der Waals surface area contributed by atoms with Crippen molar-refractivity contribution in [3.63, 3.8) is 0 Å². The van der Waals surface area contributed by atoms with E-state index in [9.17, 15) is 4.79 Å². The average Bonchev–Trinajstić information content (AvgIpc) is 2.28. The smallest absolute Gasteiger partial charge is 0.251 e. The lowest BCUT2D eigenvalue weighted by Crippen LogP contribution is -2.35. The highest BCUT2D eigenvalue weighted by molar-refractivity contribution is 9.10. The lowest BCUT2D eigenvalue weighted by Gasteiger charge is -2.15. The molecule has 0 spiro atoms. The summed E-state index contributed by atoms with van der Waals surface area (Å²) >= 11 is 3.32. The summed E-state index contributed by atoms with van der Waals surface area (Å²) < 4.78 is 0.885. The molecule has 0 aliphatic carbocycles. The highest BCUT2D eigenvalue weighted by Crippen LogP contribution is 2.12. The standard InChI is InChI=1S/C12H16BrNO2/c1-2-11(6-7-15)14-12(16)9-4-3-5-10(13)8-9/h3-5,8,11,15H,2,6-7H2,1H3,(H,14,16). The van der Waals surface area contributed by atoms with Gasteiger partial charge < -0.3 is 10.4 Å². The molecule has 1 aromatic rings. The van der Waals surface area contributed by atoms with Crippen molar-refractivity contribution in [2.75, 3.05) is 6.61 Å². The first-order valence-electron chi connectivity index (χ1n) is 5.34. The molecule has 0 bridgehead atoms. The molecular weight excluding hydrogens is 270 g/mol. The number of carbonyl (C=O) groups excluding carboxylic acids is 1. The Hall–Kier alpha value is -0.870. The molecule has 2 N–H and O–H groups in total. The van der Waals surface area contributed by atoms with Crippen LogP contribution in [0.2, 0.25) is 0 Å². The molecule has 0 radical (unpaired) electrons. The highest BCUT2D eigenvalue weighted by atomic mass is 79.9. The molecule has 0 heterocycles. The van der Waals surface area contributed by atoms with Crippen LogP contribution in [-0.4, -0.2) is 23.7 Å². The zero-order chi connectivity index (χ0) is 12.0. The summed E-state index contributed by atoms with van der Waals surface area (Å²) in [6.45, 7) is 2.08. The minimum atomic E-state index is -0.0957. The van der Waals surface area contributed by atoms with Crippen molar-refractivity contribution in [1.82, 2.24) is 5.32 Å². The number of nitrogens with one attached hydrogen (secondary N) is 1. The van der Waals surface area contributed by atoms with E-state index in [1.165, 1.54) is 0 Å². The Morgan fingerprint density at radius 1 is 1.56 bits per heavy atom.